The van der Waals surface area contributed by atoms with Gasteiger partial charge in [0.15, 0.2) is 0 Å². The summed E-state index contributed by atoms with van der Waals surface area (Å²) in [4.78, 5) is 48.4. The minimum atomic E-state index is -0.973. The lowest BCUT2D eigenvalue weighted by atomic mass is 10.0. The molecule has 0 aliphatic carbocycles. The summed E-state index contributed by atoms with van der Waals surface area (Å²) in [5, 5.41) is 18.4. The zero-order valence-electron chi connectivity index (χ0n) is 18.4. The first kappa shape index (κ1) is 24.6. The molecule has 4 amide bonds. The fraction of sp³-hybridized carbons (Fsp3) is 0.810. The van der Waals surface area contributed by atoms with Gasteiger partial charge in [0.25, 0.3) is 0 Å². The van der Waals surface area contributed by atoms with Crippen LogP contribution >= 0.6 is 11.8 Å². The van der Waals surface area contributed by atoms with Gasteiger partial charge in [-0.3, -0.25) is 9.59 Å². The molecule has 10 nitrogen and oxygen atoms in total. The van der Waals surface area contributed by atoms with Crippen LogP contribution in [0, 0.1) is 0 Å². The monoisotopic (exact) mass is 469 g/mol. The van der Waals surface area contributed by atoms with Gasteiger partial charge in [-0.25, -0.2) is 9.59 Å². The molecule has 0 radical (unpaired) electrons. The lowest BCUT2D eigenvalue weighted by Gasteiger charge is -2.24. The Morgan fingerprint density at radius 1 is 1.22 bits per heavy atom. The number of aliphatic carboxylic acids is 1. The molecule has 3 heterocycles. The molecule has 5 atom stereocenters. The Hall–Kier alpha value is -2.01. The van der Waals surface area contributed by atoms with Crippen LogP contribution in [0.5, 0.6) is 0 Å². The summed E-state index contributed by atoms with van der Waals surface area (Å²) >= 11 is 1.88. The first-order valence-corrected chi connectivity index (χ1v) is 12.7. The first-order valence-electron chi connectivity index (χ1n) is 11.6. The van der Waals surface area contributed by atoms with E-state index in [0.29, 0.717) is 50.4 Å². The van der Waals surface area contributed by atoms with Crippen molar-refractivity contribution in [2.24, 2.45) is 5.73 Å². The molecule has 180 valence electrons. The highest BCUT2D eigenvalue weighted by molar-refractivity contribution is 8.00. The van der Waals surface area contributed by atoms with Crippen molar-refractivity contribution in [2.45, 2.75) is 87.2 Å². The minimum absolute atomic E-state index is 0.0273. The number of thioether (sulfide) groups is 1. The van der Waals surface area contributed by atoms with Crippen LogP contribution in [0.25, 0.3) is 0 Å². The number of nitrogens with zero attached hydrogens (tertiary/aromatic N) is 1. The van der Waals surface area contributed by atoms with Gasteiger partial charge in [0.1, 0.15) is 6.04 Å². The highest BCUT2D eigenvalue weighted by Gasteiger charge is 2.42. The fourth-order valence-electron chi connectivity index (χ4n) is 4.70. The number of fused-ring (bicyclic) bond motifs is 1. The number of nitrogens with two attached hydrogens (primary N) is 1. The summed E-state index contributed by atoms with van der Waals surface area (Å²) in [6.45, 7) is 0.993. The number of unbranched alkanes of at least 4 members (excludes halogenated alkanes) is 2. The van der Waals surface area contributed by atoms with Crippen LogP contribution in [0.3, 0.4) is 0 Å². The summed E-state index contributed by atoms with van der Waals surface area (Å²) in [5.41, 5.74) is 5.97. The maximum Gasteiger partial charge on any atom is 0.326 e. The van der Waals surface area contributed by atoms with Crippen molar-refractivity contribution in [2.75, 3.05) is 18.8 Å². The van der Waals surface area contributed by atoms with E-state index in [1.807, 2.05) is 11.8 Å². The Kier molecular flexibility index (Phi) is 9.03. The molecule has 11 heteroatoms. The summed E-state index contributed by atoms with van der Waals surface area (Å²) in [5.74, 6) is -0.292. The number of carboxylic acid groups (broad SMARTS) is 1. The van der Waals surface area contributed by atoms with Gasteiger partial charge >= 0.3 is 12.0 Å². The van der Waals surface area contributed by atoms with Gasteiger partial charge in [0, 0.05) is 30.5 Å². The molecule has 0 spiro atoms. The van der Waals surface area contributed by atoms with Crippen LogP contribution in [0.4, 0.5) is 4.79 Å². The Bertz CT molecular complexity index is 708. The summed E-state index contributed by atoms with van der Waals surface area (Å²) in [7, 11) is 0. The number of rotatable bonds is 12. The van der Waals surface area contributed by atoms with Crippen LogP contribution < -0.4 is 21.7 Å². The summed E-state index contributed by atoms with van der Waals surface area (Å²) < 4.78 is 0. The molecule has 32 heavy (non-hydrogen) atoms. The van der Waals surface area contributed by atoms with E-state index >= 15 is 0 Å². The number of amides is 4. The Morgan fingerprint density at radius 2 is 2.03 bits per heavy atom. The van der Waals surface area contributed by atoms with Crippen LogP contribution in [0.2, 0.25) is 0 Å². The average Bonchev–Trinajstić information content (AvgIpc) is 3.46. The van der Waals surface area contributed by atoms with Crippen LogP contribution in [-0.4, -0.2) is 82.1 Å². The van der Waals surface area contributed by atoms with Crippen LogP contribution in [0.1, 0.15) is 57.8 Å². The normalized spacial score (nSPS) is 27.5. The molecule has 0 unspecified atom stereocenters. The number of urea groups is 1. The second kappa shape index (κ2) is 11.7. The van der Waals surface area contributed by atoms with Gasteiger partial charge in [0.2, 0.25) is 11.8 Å². The average molecular weight is 470 g/mol. The van der Waals surface area contributed by atoms with Crippen molar-refractivity contribution in [1.29, 1.82) is 0 Å². The Labute approximate surface area is 192 Å². The standard InChI is InChI=1S/C21H35N5O5S/c22-13(19(28)26-11-5-7-15(26)20(29)30)6-3-4-10-23-17(27)9-2-1-8-16-18-14(12-32-16)24-21(31)25-18/h13-16,18H,1-12,22H2,(H,23,27)(H,29,30)(H2,24,25,31)/t13-,14-,15-,16-,18-/m0/s1. The zero-order chi connectivity index (χ0) is 23.1. The molecule has 3 rings (SSSR count). The topological polar surface area (TPSA) is 154 Å². The van der Waals surface area contributed by atoms with Gasteiger partial charge in [-0.05, 0) is 44.9 Å². The number of carboxylic acids is 1. The van der Waals surface area contributed by atoms with Crippen molar-refractivity contribution in [3.05, 3.63) is 0 Å². The third-order valence-corrected chi connectivity index (χ3v) is 7.99. The highest BCUT2D eigenvalue weighted by atomic mass is 32.2. The van der Waals surface area contributed by atoms with Gasteiger partial charge in [-0.2, -0.15) is 11.8 Å². The Balaban J connectivity index is 1.20. The molecule has 0 bridgehead atoms. The highest BCUT2D eigenvalue weighted by Crippen LogP contribution is 2.33. The second-order valence-electron chi connectivity index (χ2n) is 8.85. The fourth-order valence-corrected chi connectivity index (χ4v) is 6.25. The molecule has 0 aromatic carbocycles. The Morgan fingerprint density at radius 3 is 2.81 bits per heavy atom. The van der Waals surface area contributed by atoms with E-state index in [-0.39, 0.29) is 29.9 Å². The largest absolute Gasteiger partial charge is 0.480 e. The van der Waals surface area contributed by atoms with Crippen molar-refractivity contribution in [3.8, 4) is 0 Å². The van der Waals surface area contributed by atoms with E-state index in [1.165, 1.54) is 4.90 Å². The van der Waals surface area contributed by atoms with Crippen molar-refractivity contribution in [1.82, 2.24) is 20.9 Å². The van der Waals surface area contributed by atoms with Crippen LogP contribution in [-0.2, 0) is 14.4 Å². The van der Waals surface area contributed by atoms with Gasteiger partial charge in [-0.15, -0.1) is 0 Å². The molecule has 3 fully saturated rings. The molecular weight excluding hydrogens is 434 g/mol. The van der Waals surface area contributed by atoms with Crippen molar-refractivity contribution in [3.63, 3.8) is 0 Å². The number of hydrogen-bond donors (Lipinski definition) is 5. The van der Waals surface area contributed by atoms with Gasteiger partial charge < -0.3 is 31.7 Å². The lowest BCUT2D eigenvalue weighted by Crippen LogP contribution is -2.48. The van der Waals surface area contributed by atoms with E-state index in [0.717, 1.165) is 31.4 Å². The van der Waals surface area contributed by atoms with Crippen LogP contribution in [0.15, 0.2) is 0 Å². The number of nitrogens with one attached hydrogen (secondary N) is 3. The predicted molar refractivity (Wildman–Crippen MR) is 121 cm³/mol. The third kappa shape index (κ3) is 6.50. The van der Waals surface area contributed by atoms with E-state index in [9.17, 15) is 24.3 Å². The molecule has 0 aromatic rings. The van der Waals surface area contributed by atoms with E-state index in [1.54, 1.807) is 0 Å². The zero-order valence-corrected chi connectivity index (χ0v) is 19.2. The molecule has 0 saturated carbocycles. The molecule has 6 N–H and O–H groups in total. The quantitative estimate of drug-likeness (QED) is 0.205. The molecule has 0 aromatic heterocycles. The molecule has 3 aliphatic rings. The number of hydrogen-bond acceptors (Lipinski definition) is 6. The van der Waals surface area contributed by atoms with Gasteiger partial charge in [0.05, 0.1) is 18.1 Å². The van der Waals surface area contributed by atoms with E-state index in [4.69, 9.17) is 5.73 Å². The molecule has 3 aliphatic heterocycles. The lowest BCUT2D eigenvalue weighted by molar-refractivity contribution is -0.148. The maximum atomic E-state index is 12.4. The summed E-state index contributed by atoms with van der Waals surface area (Å²) in [6, 6.07) is -1.08. The van der Waals surface area contributed by atoms with E-state index in [2.05, 4.69) is 16.0 Å². The first-order chi connectivity index (χ1) is 15.4. The minimum Gasteiger partial charge on any atom is -0.480 e. The molecule has 3 saturated heterocycles. The third-order valence-electron chi connectivity index (χ3n) is 6.48. The van der Waals surface area contributed by atoms with Gasteiger partial charge in [-0.1, -0.05) is 6.42 Å². The van der Waals surface area contributed by atoms with Crippen molar-refractivity contribution >= 4 is 35.6 Å². The van der Waals surface area contributed by atoms with E-state index < -0.39 is 18.1 Å². The SMILES string of the molecule is N[C@@H](CCCCNC(=O)CCCC[C@@H]1SC[C@@H]2NC(=O)N[C@@H]21)C(=O)N1CCC[C@H]1C(=O)O. The molecular formula is C21H35N5O5S. The number of carbonyl (C=O) groups excluding carboxylic acids is 3. The number of likely N-dealkylation sites (tertiary alicyclic amines) is 1. The van der Waals surface area contributed by atoms with Crippen molar-refractivity contribution < 1.29 is 24.3 Å². The second-order valence-corrected chi connectivity index (χ2v) is 10.1. The maximum absolute atomic E-state index is 12.4. The predicted octanol–water partition coefficient (Wildman–Crippen LogP) is 0.402. The smallest absolute Gasteiger partial charge is 0.326 e. The summed E-state index contributed by atoms with van der Waals surface area (Å²) in [6.07, 6.45) is 6.32. The number of carbonyl (C=O) groups is 4.